The molecule has 0 amide bonds. The van der Waals surface area contributed by atoms with Gasteiger partial charge in [0.2, 0.25) is 0 Å². The second kappa shape index (κ2) is 6.36. The zero-order valence-corrected chi connectivity index (χ0v) is 12.7. The molecule has 2 aromatic carbocycles. The molecule has 0 aliphatic carbocycles. The highest BCUT2D eigenvalue weighted by molar-refractivity contribution is 5.61. The van der Waals surface area contributed by atoms with Gasteiger partial charge in [-0.25, -0.2) is 4.98 Å². The molecule has 5 heteroatoms. The molecule has 3 N–H and O–H groups in total. The number of aromatic amines is 1. The molecule has 1 heterocycles. The lowest BCUT2D eigenvalue weighted by molar-refractivity contribution is 0.295. The second-order valence-corrected chi connectivity index (χ2v) is 5.30. The minimum Gasteiger partial charge on any atom is -0.486 e. The molecular formula is C18H17N3O2. The van der Waals surface area contributed by atoms with Crippen molar-refractivity contribution < 1.29 is 4.74 Å². The van der Waals surface area contributed by atoms with E-state index in [1.807, 2.05) is 43.3 Å². The highest BCUT2D eigenvalue weighted by Gasteiger charge is 2.05. The molecule has 0 aliphatic rings. The summed E-state index contributed by atoms with van der Waals surface area (Å²) in [5, 5.41) is 0. The van der Waals surface area contributed by atoms with Crippen molar-refractivity contribution >= 4 is 5.69 Å². The zero-order chi connectivity index (χ0) is 16.2. The Labute approximate surface area is 133 Å². The van der Waals surface area contributed by atoms with Gasteiger partial charge in [-0.3, -0.25) is 4.79 Å². The summed E-state index contributed by atoms with van der Waals surface area (Å²) in [4.78, 5) is 19.0. The number of benzene rings is 2. The van der Waals surface area contributed by atoms with E-state index in [9.17, 15) is 4.79 Å². The van der Waals surface area contributed by atoms with E-state index in [1.54, 1.807) is 12.1 Å². The van der Waals surface area contributed by atoms with Gasteiger partial charge in [-0.1, -0.05) is 29.8 Å². The average Bonchev–Trinajstić information content (AvgIpc) is 2.54. The first-order valence-electron chi connectivity index (χ1n) is 7.26. The number of nitrogens with two attached hydrogens (primary N) is 1. The number of nitrogen functional groups attached to an aromatic ring is 1. The van der Waals surface area contributed by atoms with Gasteiger partial charge in [-0.2, -0.15) is 0 Å². The Hall–Kier alpha value is -3.08. The maximum atomic E-state index is 11.8. The van der Waals surface area contributed by atoms with Gasteiger partial charge in [-0.15, -0.1) is 0 Å². The van der Waals surface area contributed by atoms with Gasteiger partial charge in [0, 0.05) is 17.3 Å². The van der Waals surface area contributed by atoms with Crippen LogP contribution in [0.5, 0.6) is 5.75 Å². The molecule has 1 aromatic heterocycles. The van der Waals surface area contributed by atoms with Crippen LogP contribution in [0.25, 0.3) is 11.3 Å². The van der Waals surface area contributed by atoms with E-state index in [2.05, 4.69) is 9.97 Å². The summed E-state index contributed by atoms with van der Waals surface area (Å²) >= 11 is 0. The van der Waals surface area contributed by atoms with Crippen molar-refractivity contribution in [3.05, 3.63) is 76.3 Å². The Morgan fingerprint density at radius 1 is 1.09 bits per heavy atom. The summed E-state index contributed by atoms with van der Waals surface area (Å²) in [6.45, 7) is 2.21. The molecule has 0 atom stereocenters. The fraction of sp³-hybridized carbons (Fsp3) is 0.111. The standard InChI is InChI=1S/C18H17N3O2/c1-12-2-8-15(9-3-12)23-11-17-20-16(10-18(22)21-17)13-4-6-14(19)7-5-13/h2-10H,11,19H2,1H3,(H,20,21,22). The topological polar surface area (TPSA) is 81.0 Å². The number of aromatic nitrogens is 2. The fourth-order valence-corrected chi connectivity index (χ4v) is 2.16. The highest BCUT2D eigenvalue weighted by Crippen LogP contribution is 2.18. The lowest BCUT2D eigenvalue weighted by Gasteiger charge is -2.07. The highest BCUT2D eigenvalue weighted by atomic mass is 16.5. The molecule has 0 saturated heterocycles. The number of aryl methyl sites for hydroxylation is 1. The molecule has 0 aliphatic heterocycles. The average molecular weight is 307 g/mol. The van der Waals surface area contributed by atoms with Crippen LogP contribution in [-0.4, -0.2) is 9.97 Å². The summed E-state index contributed by atoms with van der Waals surface area (Å²) < 4.78 is 5.66. The van der Waals surface area contributed by atoms with E-state index in [0.717, 1.165) is 16.9 Å². The van der Waals surface area contributed by atoms with Crippen molar-refractivity contribution in [3.8, 4) is 17.0 Å². The van der Waals surface area contributed by atoms with Crippen LogP contribution < -0.4 is 16.0 Å². The molecule has 5 nitrogen and oxygen atoms in total. The van der Waals surface area contributed by atoms with Crippen LogP contribution in [0.2, 0.25) is 0 Å². The van der Waals surface area contributed by atoms with Crippen LogP contribution in [0.1, 0.15) is 11.4 Å². The summed E-state index contributed by atoms with van der Waals surface area (Å²) in [7, 11) is 0. The number of nitrogens with one attached hydrogen (secondary N) is 1. The number of hydrogen-bond donors (Lipinski definition) is 2. The molecule has 3 rings (SSSR count). The lowest BCUT2D eigenvalue weighted by Crippen LogP contribution is -2.13. The molecule has 0 radical (unpaired) electrons. The van der Waals surface area contributed by atoms with Gasteiger partial charge in [0.05, 0.1) is 5.69 Å². The number of ether oxygens (including phenoxy) is 1. The Bertz CT molecular complexity index is 853. The van der Waals surface area contributed by atoms with Crippen LogP contribution in [0, 0.1) is 6.92 Å². The minimum absolute atomic E-state index is 0.196. The van der Waals surface area contributed by atoms with Crippen molar-refractivity contribution in [2.75, 3.05) is 5.73 Å². The summed E-state index contributed by atoms with van der Waals surface area (Å²) in [5.41, 5.74) is 8.72. The molecular weight excluding hydrogens is 290 g/mol. The third-order valence-corrected chi connectivity index (χ3v) is 3.39. The Morgan fingerprint density at radius 3 is 2.48 bits per heavy atom. The molecule has 3 aromatic rings. The van der Waals surface area contributed by atoms with Crippen molar-refractivity contribution in [1.82, 2.24) is 9.97 Å². The summed E-state index contributed by atoms with van der Waals surface area (Å²) in [5.74, 6) is 1.21. The van der Waals surface area contributed by atoms with Gasteiger partial charge >= 0.3 is 0 Å². The Kier molecular flexibility index (Phi) is 4.10. The van der Waals surface area contributed by atoms with Crippen LogP contribution in [-0.2, 0) is 6.61 Å². The maximum Gasteiger partial charge on any atom is 0.251 e. The first-order valence-corrected chi connectivity index (χ1v) is 7.26. The fourth-order valence-electron chi connectivity index (χ4n) is 2.16. The van der Waals surface area contributed by atoms with Crippen LogP contribution in [0.15, 0.2) is 59.4 Å². The third kappa shape index (κ3) is 3.77. The number of H-pyrrole nitrogens is 1. The third-order valence-electron chi connectivity index (χ3n) is 3.39. The van der Waals surface area contributed by atoms with E-state index in [0.29, 0.717) is 17.2 Å². The molecule has 23 heavy (non-hydrogen) atoms. The molecule has 0 unspecified atom stereocenters. The van der Waals surface area contributed by atoms with Crippen LogP contribution in [0.4, 0.5) is 5.69 Å². The molecule has 0 fully saturated rings. The van der Waals surface area contributed by atoms with Crippen LogP contribution >= 0.6 is 0 Å². The summed E-state index contributed by atoms with van der Waals surface area (Å²) in [6, 6.07) is 16.4. The molecule has 116 valence electrons. The Morgan fingerprint density at radius 2 is 1.78 bits per heavy atom. The van der Waals surface area contributed by atoms with Crippen molar-refractivity contribution in [3.63, 3.8) is 0 Å². The first kappa shape index (κ1) is 14.8. The van der Waals surface area contributed by atoms with Crippen molar-refractivity contribution in [2.45, 2.75) is 13.5 Å². The molecule has 0 saturated carbocycles. The van der Waals surface area contributed by atoms with Crippen molar-refractivity contribution in [1.29, 1.82) is 0 Å². The number of rotatable bonds is 4. The smallest absolute Gasteiger partial charge is 0.251 e. The first-order chi connectivity index (χ1) is 11.1. The van der Waals surface area contributed by atoms with E-state index < -0.39 is 0 Å². The van der Waals surface area contributed by atoms with Gasteiger partial charge in [-0.05, 0) is 31.2 Å². The van der Waals surface area contributed by atoms with Gasteiger partial charge in [0.1, 0.15) is 18.2 Å². The van der Waals surface area contributed by atoms with Gasteiger partial charge in [0.15, 0.2) is 0 Å². The minimum atomic E-state index is -0.214. The quantitative estimate of drug-likeness (QED) is 0.726. The van der Waals surface area contributed by atoms with Gasteiger partial charge in [0.25, 0.3) is 5.56 Å². The lowest BCUT2D eigenvalue weighted by atomic mass is 10.1. The zero-order valence-electron chi connectivity index (χ0n) is 12.7. The monoisotopic (exact) mass is 307 g/mol. The van der Waals surface area contributed by atoms with Crippen molar-refractivity contribution in [2.24, 2.45) is 0 Å². The predicted molar refractivity (Wildman–Crippen MR) is 90.2 cm³/mol. The van der Waals surface area contributed by atoms with E-state index >= 15 is 0 Å². The molecule has 0 bridgehead atoms. The SMILES string of the molecule is Cc1ccc(OCc2nc(-c3ccc(N)cc3)cc(=O)[nH]2)cc1. The molecule has 0 spiro atoms. The number of nitrogens with zero attached hydrogens (tertiary/aromatic N) is 1. The van der Waals surface area contributed by atoms with Gasteiger partial charge < -0.3 is 15.5 Å². The van der Waals surface area contributed by atoms with E-state index in [4.69, 9.17) is 10.5 Å². The maximum absolute atomic E-state index is 11.8. The Balaban J connectivity index is 1.81. The van der Waals surface area contributed by atoms with Crippen LogP contribution in [0.3, 0.4) is 0 Å². The van der Waals surface area contributed by atoms with E-state index in [1.165, 1.54) is 6.07 Å². The number of hydrogen-bond acceptors (Lipinski definition) is 4. The van der Waals surface area contributed by atoms with E-state index in [-0.39, 0.29) is 12.2 Å². The largest absolute Gasteiger partial charge is 0.486 e. The normalized spacial score (nSPS) is 10.5. The number of anilines is 1. The second-order valence-electron chi connectivity index (χ2n) is 5.30. The predicted octanol–water partition coefficient (Wildman–Crippen LogP) is 2.91. The summed E-state index contributed by atoms with van der Waals surface area (Å²) in [6.07, 6.45) is 0.